The quantitative estimate of drug-likeness (QED) is 0.879. The third kappa shape index (κ3) is 4.14. The van der Waals surface area contributed by atoms with E-state index in [1.54, 1.807) is 0 Å². The van der Waals surface area contributed by atoms with Crippen LogP contribution in [0, 0.1) is 11.6 Å². The van der Waals surface area contributed by atoms with Gasteiger partial charge in [-0.15, -0.1) is 0 Å². The Kier molecular flexibility index (Phi) is 5.25. The molecule has 110 valence electrons. The molecule has 0 aromatic heterocycles. The van der Waals surface area contributed by atoms with Crippen molar-refractivity contribution in [2.45, 2.75) is 0 Å². The van der Waals surface area contributed by atoms with Crippen LogP contribution >= 0.6 is 0 Å². The van der Waals surface area contributed by atoms with Crippen molar-refractivity contribution in [3.05, 3.63) is 29.8 Å². The van der Waals surface area contributed by atoms with Crippen LogP contribution in [0.25, 0.3) is 0 Å². The Morgan fingerprint density at radius 1 is 1.25 bits per heavy atom. The minimum atomic E-state index is -0.798. The third-order valence-corrected chi connectivity index (χ3v) is 3.02. The van der Waals surface area contributed by atoms with Gasteiger partial charge >= 0.3 is 6.03 Å². The highest BCUT2D eigenvalue weighted by molar-refractivity contribution is 5.89. The van der Waals surface area contributed by atoms with Crippen LogP contribution in [0.1, 0.15) is 0 Å². The number of rotatable bonds is 4. The van der Waals surface area contributed by atoms with Crippen molar-refractivity contribution < 1.29 is 18.3 Å². The molecule has 1 aromatic rings. The zero-order valence-corrected chi connectivity index (χ0v) is 11.0. The van der Waals surface area contributed by atoms with Crippen molar-refractivity contribution in [1.82, 2.24) is 10.2 Å². The van der Waals surface area contributed by atoms with Gasteiger partial charge in [-0.05, 0) is 12.1 Å². The Bertz CT molecular complexity index is 445. The molecule has 2 amide bonds. The summed E-state index contributed by atoms with van der Waals surface area (Å²) in [6.45, 7) is 4.11. The van der Waals surface area contributed by atoms with Crippen molar-refractivity contribution in [3.63, 3.8) is 0 Å². The van der Waals surface area contributed by atoms with E-state index in [0.29, 0.717) is 26.3 Å². The molecule has 1 aliphatic rings. The number of halogens is 2. The van der Waals surface area contributed by atoms with Crippen molar-refractivity contribution >= 4 is 11.7 Å². The van der Waals surface area contributed by atoms with Crippen LogP contribution in [0.2, 0.25) is 0 Å². The number of carbonyl (C=O) groups is 1. The molecule has 0 atom stereocenters. The number of amides is 2. The first-order valence-corrected chi connectivity index (χ1v) is 6.46. The standard InChI is InChI=1S/C13H17F2N3O2/c14-10-2-1-3-11(15)12(10)17-13(19)16-4-5-18-6-8-20-9-7-18/h1-3H,4-9H2,(H2,16,17,19). The lowest BCUT2D eigenvalue weighted by molar-refractivity contribution is 0.0388. The Morgan fingerprint density at radius 3 is 2.55 bits per heavy atom. The van der Waals surface area contributed by atoms with Crippen LogP contribution in [0.5, 0.6) is 0 Å². The van der Waals surface area contributed by atoms with E-state index in [0.717, 1.165) is 25.2 Å². The van der Waals surface area contributed by atoms with Gasteiger partial charge in [-0.1, -0.05) is 6.07 Å². The summed E-state index contributed by atoms with van der Waals surface area (Å²) in [7, 11) is 0. The molecule has 1 aromatic carbocycles. The second kappa shape index (κ2) is 7.16. The van der Waals surface area contributed by atoms with Crippen molar-refractivity contribution in [1.29, 1.82) is 0 Å². The smallest absolute Gasteiger partial charge is 0.319 e. The Hall–Kier alpha value is -1.73. The van der Waals surface area contributed by atoms with E-state index in [1.165, 1.54) is 6.07 Å². The van der Waals surface area contributed by atoms with Gasteiger partial charge in [-0.3, -0.25) is 4.90 Å². The maximum atomic E-state index is 13.3. The highest BCUT2D eigenvalue weighted by atomic mass is 19.1. The van der Waals surface area contributed by atoms with Crippen molar-refractivity contribution in [2.24, 2.45) is 0 Å². The summed E-state index contributed by atoms with van der Waals surface area (Å²) < 4.78 is 31.8. The number of hydrogen-bond acceptors (Lipinski definition) is 3. The van der Waals surface area contributed by atoms with E-state index in [-0.39, 0.29) is 0 Å². The van der Waals surface area contributed by atoms with Crippen LogP contribution < -0.4 is 10.6 Å². The number of urea groups is 1. The predicted molar refractivity (Wildman–Crippen MR) is 70.6 cm³/mol. The molecule has 1 aliphatic heterocycles. The maximum Gasteiger partial charge on any atom is 0.319 e. The number of para-hydroxylation sites is 1. The van der Waals surface area contributed by atoms with Gasteiger partial charge in [0.05, 0.1) is 13.2 Å². The lowest BCUT2D eigenvalue weighted by Crippen LogP contribution is -2.42. The van der Waals surface area contributed by atoms with E-state index < -0.39 is 23.4 Å². The average molecular weight is 285 g/mol. The Balaban J connectivity index is 1.75. The Morgan fingerprint density at radius 2 is 1.90 bits per heavy atom. The lowest BCUT2D eigenvalue weighted by Gasteiger charge is -2.26. The summed E-state index contributed by atoms with van der Waals surface area (Å²) in [6, 6.07) is 2.80. The first-order chi connectivity index (χ1) is 9.66. The highest BCUT2D eigenvalue weighted by Crippen LogP contribution is 2.17. The number of benzene rings is 1. The number of carbonyl (C=O) groups excluding carboxylic acids is 1. The summed E-state index contributed by atoms with van der Waals surface area (Å²) in [5.41, 5.74) is -0.434. The first-order valence-electron chi connectivity index (χ1n) is 6.46. The molecule has 0 unspecified atom stereocenters. The zero-order chi connectivity index (χ0) is 14.4. The SMILES string of the molecule is O=C(NCCN1CCOCC1)Nc1c(F)cccc1F. The van der Waals surface area contributed by atoms with E-state index >= 15 is 0 Å². The monoisotopic (exact) mass is 285 g/mol. The number of morpholine rings is 1. The molecule has 1 saturated heterocycles. The van der Waals surface area contributed by atoms with E-state index in [2.05, 4.69) is 15.5 Å². The Labute approximate surface area is 115 Å². The molecular formula is C13H17F2N3O2. The third-order valence-electron chi connectivity index (χ3n) is 3.02. The van der Waals surface area contributed by atoms with E-state index in [4.69, 9.17) is 4.74 Å². The molecule has 1 heterocycles. The van der Waals surface area contributed by atoms with E-state index in [1.807, 2.05) is 0 Å². The topological polar surface area (TPSA) is 53.6 Å². The van der Waals surface area contributed by atoms with Gasteiger partial charge in [0.25, 0.3) is 0 Å². The van der Waals surface area contributed by atoms with Crippen LogP contribution in [0.15, 0.2) is 18.2 Å². The van der Waals surface area contributed by atoms with Gasteiger partial charge in [-0.2, -0.15) is 0 Å². The van der Waals surface area contributed by atoms with Gasteiger partial charge in [0.1, 0.15) is 17.3 Å². The largest absolute Gasteiger partial charge is 0.379 e. The highest BCUT2D eigenvalue weighted by Gasteiger charge is 2.13. The van der Waals surface area contributed by atoms with Gasteiger partial charge in [0.2, 0.25) is 0 Å². The molecule has 7 heteroatoms. The van der Waals surface area contributed by atoms with Crippen molar-refractivity contribution in [3.8, 4) is 0 Å². The van der Waals surface area contributed by atoms with Gasteiger partial charge in [0.15, 0.2) is 0 Å². The molecule has 0 spiro atoms. The summed E-state index contributed by atoms with van der Waals surface area (Å²) >= 11 is 0. The lowest BCUT2D eigenvalue weighted by atomic mass is 10.3. The van der Waals surface area contributed by atoms with Crippen LogP contribution in [-0.2, 0) is 4.74 Å². The van der Waals surface area contributed by atoms with Gasteiger partial charge in [0, 0.05) is 26.2 Å². The normalized spacial score (nSPS) is 15.9. The van der Waals surface area contributed by atoms with Gasteiger partial charge < -0.3 is 15.4 Å². The number of ether oxygens (including phenoxy) is 1. The molecule has 5 nitrogen and oxygen atoms in total. The summed E-state index contributed by atoms with van der Waals surface area (Å²) in [5, 5.41) is 4.74. The van der Waals surface area contributed by atoms with Crippen LogP contribution in [0.4, 0.5) is 19.3 Å². The minimum absolute atomic E-state index is 0.405. The maximum absolute atomic E-state index is 13.3. The molecule has 20 heavy (non-hydrogen) atoms. The number of anilines is 1. The van der Waals surface area contributed by atoms with Crippen LogP contribution in [-0.4, -0.2) is 50.3 Å². The molecule has 0 saturated carbocycles. The first kappa shape index (κ1) is 14.7. The summed E-state index contributed by atoms with van der Waals surface area (Å²) in [5.74, 6) is -1.60. The van der Waals surface area contributed by atoms with Crippen molar-refractivity contribution in [2.75, 3.05) is 44.7 Å². The molecular weight excluding hydrogens is 268 g/mol. The molecule has 0 bridgehead atoms. The molecule has 2 rings (SSSR count). The predicted octanol–water partition coefficient (Wildman–Crippen LogP) is 1.42. The van der Waals surface area contributed by atoms with E-state index in [9.17, 15) is 13.6 Å². The second-order valence-electron chi connectivity index (χ2n) is 4.43. The zero-order valence-electron chi connectivity index (χ0n) is 11.0. The number of hydrogen-bond donors (Lipinski definition) is 2. The fourth-order valence-corrected chi connectivity index (χ4v) is 1.93. The minimum Gasteiger partial charge on any atom is -0.379 e. The molecule has 0 aliphatic carbocycles. The molecule has 1 fully saturated rings. The average Bonchev–Trinajstić information content (AvgIpc) is 2.44. The van der Waals surface area contributed by atoms with Crippen LogP contribution in [0.3, 0.4) is 0 Å². The molecule has 0 radical (unpaired) electrons. The summed E-state index contributed by atoms with van der Waals surface area (Å²) in [6.07, 6.45) is 0. The molecule has 2 N–H and O–H groups in total. The summed E-state index contributed by atoms with van der Waals surface area (Å²) in [4.78, 5) is 13.7. The van der Waals surface area contributed by atoms with Gasteiger partial charge in [-0.25, -0.2) is 13.6 Å². The number of nitrogens with zero attached hydrogens (tertiary/aromatic N) is 1. The second-order valence-corrected chi connectivity index (χ2v) is 4.43. The number of nitrogens with one attached hydrogen (secondary N) is 2. The fraction of sp³-hybridized carbons (Fsp3) is 0.462. The fourth-order valence-electron chi connectivity index (χ4n) is 1.93.